The lowest BCUT2D eigenvalue weighted by atomic mass is 9.92. The van der Waals surface area contributed by atoms with Crippen molar-refractivity contribution in [2.75, 3.05) is 5.32 Å². The van der Waals surface area contributed by atoms with Crippen LogP contribution >= 0.6 is 11.8 Å². The van der Waals surface area contributed by atoms with Crippen LogP contribution in [0.2, 0.25) is 0 Å². The molecule has 1 amide bonds. The van der Waals surface area contributed by atoms with Gasteiger partial charge < -0.3 is 5.32 Å². The highest BCUT2D eigenvalue weighted by Crippen LogP contribution is 2.33. The van der Waals surface area contributed by atoms with E-state index < -0.39 is 0 Å². The fourth-order valence-electron chi connectivity index (χ4n) is 1.95. The summed E-state index contributed by atoms with van der Waals surface area (Å²) in [6.45, 7) is 6.20. The Labute approximate surface area is 131 Å². The second-order valence-electron chi connectivity index (χ2n) is 6.20. The van der Waals surface area contributed by atoms with Gasteiger partial charge in [-0.15, -0.1) is 0 Å². The Morgan fingerprint density at radius 2 is 1.62 bits per heavy atom. The molecule has 0 bridgehead atoms. The van der Waals surface area contributed by atoms with Crippen molar-refractivity contribution in [2.45, 2.75) is 37.0 Å². The number of rotatable bonds is 4. The molecule has 0 fully saturated rings. The minimum atomic E-state index is -0.00833. The first-order valence-electron chi connectivity index (χ1n) is 7.06. The first-order valence-corrected chi connectivity index (χ1v) is 7.87. The van der Waals surface area contributed by atoms with Crippen molar-refractivity contribution in [3.05, 3.63) is 54.6 Å². The van der Waals surface area contributed by atoms with Gasteiger partial charge in [0.05, 0.1) is 5.69 Å². The van der Waals surface area contributed by atoms with Crippen molar-refractivity contribution in [3.8, 4) is 0 Å². The number of hydrogen-bond acceptors (Lipinski definition) is 2. The van der Waals surface area contributed by atoms with E-state index in [1.165, 1.54) is 0 Å². The van der Waals surface area contributed by atoms with Gasteiger partial charge in [-0.05, 0) is 29.7 Å². The molecule has 110 valence electrons. The molecule has 0 aliphatic rings. The van der Waals surface area contributed by atoms with Crippen LogP contribution in [0.1, 0.15) is 27.2 Å². The average Bonchev–Trinajstić information content (AvgIpc) is 2.40. The molecule has 0 spiro atoms. The number of carbonyl (C=O) groups is 1. The largest absolute Gasteiger partial charge is 0.325 e. The third-order valence-corrected chi connectivity index (χ3v) is 3.91. The van der Waals surface area contributed by atoms with E-state index in [1.807, 2.05) is 42.5 Å². The topological polar surface area (TPSA) is 29.1 Å². The molecule has 2 aromatic rings. The zero-order valence-corrected chi connectivity index (χ0v) is 13.5. The minimum absolute atomic E-state index is 0.00833. The van der Waals surface area contributed by atoms with Crippen molar-refractivity contribution in [3.63, 3.8) is 0 Å². The van der Waals surface area contributed by atoms with E-state index in [-0.39, 0.29) is 11.3 Å². The average molecular weight is 299 g/mol. The highest BCUT2D eigenvalue weighted by atomic mass is 32.2. The van der Waals surface area contributed by atoms with E-state index in [0.717, 1.165) is 15.5 Å². The predicted octanol–water partition coefficient (Wildman–Crippen LogP) is 5.21. The molecule has 2 rings (SSSR count). The van der Waals surface area contributed by atoms with Crippen LogP contribution in [0.3, 0.4) is 0 Å². The van der Waals surface area contributed by atoms with Crippen LogP contribution in [-0.2, 0) is 4.79 Å². The van der Waals surface area contributed by atoms with Crippen LogP contribution < -0.4 is 5.32 Å². The van der Waals surface area contributed by atoms with Gasteiger partial charge in [-0.2, -0.15) is 0 Å². The highest BCUT2D eigenvalue weighted by molar-refractivity contribution is 7.99. The second-order valence-corrected chi connectivity index (χ2v) is 7.31. The predicted molar refractivity (Wildman–Crippen MR) is 89.7 cm³/mol. The molecule has 0 radical (unpaired) electrons. The summed E-state index contributed by atoms with van der Waals surface area (Å²) in [4.78, 5) is 14.3. The zero-order chi connectivity index (χ0) is 15.3. The summed E-state index contributed by atoms with van der Waals surface area (Å²) in [6, 6.07) is 18.1. The van der Waals surface area contributed by atoms with Crippen LogP contribution in [0.25, 0.3) is 0 Å². The Hall–Kier alpha value is -1.74. The Bertz CT molecular complexity index is 602. The summed E-state index contributed by atoms with van der Waals surface area (Å²) in [5.74, 6) is 0.0589. The second kappa shape index (κ2) is 6.81. The van der Waals surface area contributed by atoms with Gasteiger partial charge >= 0.3 is 0 Å². The molecule has 0 aliphatic carbocycles. The van der Waals surface area contributed by atoms with E-state index in [0.29, 0.717) is 6.42 Å². The maximum Gasteiger partial charge on any atom is 0.224 e. The van der Waals surface area contributed by atoms with Gasteiger partial charge in [0.2, 0.25) is 5.91 Å². The quantitative estimate of drug-likeness (QED) is 0.839. The maximum absolute atomic E-state index is 12.1. The van der Waals surface area contributed by atoms with Gasteiger partial charge in [-0.25, -0.2) is 0 Å². The Morgan fingerprint density at radius 1 is 1.00 bits per heavy atom. The van der Waals surface area contributed by atoms with E-state index in [9.17, 15) is 4.79 Å². The van der Waals surface area contributed by atoms with E-state index in [4.69, 9.17) is 0 Å². The summed E-state index contributed by atoms with van der Waals surface area (Å²) >= 11 is 1.66. The Morgan fingerprint density at radius 3 is 2.29 bits per heavy atom. The highest BCUT2D eigenvalue weighted by Gasteiger charge is 2.16. The standard InChI is InChI=1S/C18H21NOS/c1-18(2,3)13-17(20)19-15-11-7-8-12-16(15)21-14-9-5-4-6-10-14/h4-12H,13H2,1-3H3,(H,19,20). The van der Waals surface area contributed by atoms with Crippen LogP contribution in [0.15, 0.2) is 64.4 Å². The Balaban J connectivity index is 2.12. The molecular formula is C18H21NOS. The molecule has 3 heteroatoms. The molecule has 0 saturated carbocycles. The van der Waals surface area contributed by atoms with Gasteiger partial charge in [0.1, 0.15) is 0 Å². The normalized spacial score (nSPS) is 11.2. The van der Waals surface area contributed by atoms with Crippen molar-refractivity contribution in [1.29, 1.82) is 0 Å². The molecule has 1 N–H and O–H groups in total. The van der Waals surface area contributed by atoms with Gasteiger partial charge in [0.15, 0.2) is 0 Å². The van der Waals surface area contributed by atoms with E-state index >= 15 is 0 Å². The molecule has 0 aromatic heterocycles. The number of carbonyl (C=O) groups excluding carboxylic acids is 1. The van der Waals surface area contributed by atoms with Crippen LogP contribution in [0, 0.1) is 5.41 Å². The molecule has 2 aromatic carbocycles. The molecule has 0 heterocycles. The maximum atomic E-state index is 12.1. The number of amides is 1. The molecule has 21 heavy (non-hydrogen) atoms. The molecule has 0 atom stereocenters. The first kappa shape index (κ1) is 15.6. The summed E-state index contributed by atoms with van der Waals surface area (Å²) in [5, 5.41) is 3.03. The smallest absolute Gasteiger partial charge is 0.224 e. The Kier molecular flexibility index (Phi) is 5.07. The van der Waals surface area contributed by atoms with Gasteiger partial charge in [-0.1, -0.05) is 62.9 Å². The van der Waals surface area contributed by atoms with E-state index in [2.05, 4.69) is 38.2 Å². The van der Waals surface area contributed by atoms with Gasteiger partial charge in [-0.3, -0.25) is 4.79 Å². The monoisotopic (exact) mass is 299 g/mol. The number of hydrogen-bond donors (Lipinski definition) is 1. The summed E-state index contributed by atoms with van der Waals surface area (Å²) in [6.07, 6.45) is 0.511. The van der Waals surface area contributed by atoms with Crippen LogP contribution in [0.4, 0.5) is 5.69 Å². The lowest BCUT2D eigenvalue weighted by molar-refractivity contribution is -0.117. The van der Waals surface area contributed by atoms with Crippen LogP contribution in [0.5, 0.6) is 0 Å². The SMILES string of the molecule is CC(C)(C)CC(=O)Nc1ccccc1Sc1ccccc1. The number of anilines is 1. The lowest BCUT2D eigenvalue weighted by Gasteiger charge is -2.18. The van der Waals surface area contributed by atoms with Crippen molar-refractivity contribution >= 4 is 23.4 Å². The first-order chi connectivity index (χ1) is 9.94. The zero-order valence-electron chi connectivity index (χ0n) is 12.7. The molecule has 0 saturated heterocycles. The van der Waals surface area contributed by atoms with Gasteiger partial charge in [0.25, 0.3) is 0 Å². The number of nitrogens with one attached hydrogen (secondary N) is 1. The molecular weight excluding hydrogens is 278 g/mol. The lowest BCUT2D eigenvalue weighted by Crippen LogP contribution is -2.19. The number of para-hydroxylation sites is 1. The minimum Gasteiger partial charge on any atom is -0.325 e. The number of benzene rings is 2. The van der Waals surface area contributed by atoms with Gasteiger partial charge in [0, 0.05) is 16.2 Å². The summed E-state index contributed by atoms with van der Waals surface area (Å²) < 4.78 is 0. The third kappa shape index (κ3) is 5.27. The van der Waals surface area contributed by atoms with Crippen molar-refractivity contribution in [2.24, 2.45) is 5.41 Å². The molecule has 2 nitrogen and oxygen atoms in total. The summed E-state index contributed by atoms with van der Waals surface area (Å²) in [7, 11) is 0. The molecule has 0 aliphatic heterocycles. The summed E-state index contributed by atoms with van der Waals surface area (Å²) in [5.41, 5.74) is 0.867. The fraction of sp³-hybridized carbons (Fsp3) is 0.278. The van der Waals surface area contributed by atoms with Crippen molar-refractivity contribution in [1.82, 2.24) is 0 Å². The van der Waals surface area contributed by atoms with Crippen molar-refractivity contribution < 1.29 is 4.79 Å². The van der Waals surface area contributed by atoms with Crippen LogP contribution in [-0.4, -0.2) is 5.91 Å². The fourth-order valence-corrected chi connectivity index (χ4v) is 2.87. The van der Waals surface area contributed by atoms with E-state index in [1.54, 1.807) is 11.8 Å². The third-order valence-electron chi connectivity index (χ3n) is 2.82. The molecule has 0 unspecified atom stereocenters.